The number of benzene rings is 1. The van der Waals surface area contributed by atoms with Crippen molar-refractivity contribution in [3.8, 4) is 5.75 Å². The first-order valence-corrected chi connectivity index (χ1v) is 10.6. The van der Waals surface area contributed by atoms with Crippen LogP contribution < -0.4 is 21.1 Å². The number of carbonyl (C=O) groups is 1. The van der Waals surface area contributed by atoms with E-state index in [1.54, 1.807) is 7.05 Å². The van der Waals surface area contributed by atoms with E-state index in [4.69, 9.17) is 15.2 Å². The number of hydrogen-bond acceptors (Lipinski definition) is 4. The standard InChI is InChI=1S/C22H36N4O3/c1-5-22(6-2)18(14-19(22)28-7-3)26-21(24-4)25-13-12-16-8-10-17(11-9-16)29-15-20(23)27/h8-11,18-19H,5-7,12-15H2,1-4H3,(H2,23,27)(H2,24,25,26). The van der Waals surface area contributed by atoms with Gasteiger partial charge in [0.1, 0.15) is 5.75 Å². The van der Waals surface area contributed by atoms with Gasteiger partial charge < -0.3 is 25.8 Å². The van der Waals surface area contributed by atoms with Gasteiger partial charge in [0.2, 0.25) is 0 Å². The van der Waals surface area contributed by atoms with Crippen LogP contribution in [-0.2, 0) is 16.0 Å². The van der Waals surface area contributed by atoms with Crippen LogP contribution in [0.4, 0.5) is 0 Å². The number of guanidine groups is 1. The van der Waals surface area contributed by atoms with Crippen molar-refractivity contribution in [2.75, 3.05) is 26.8 Å². The number of nitrogens with one attached hydrogen (secondary N) is 2. The summed E-state index contributed by atoms with van der Waals surface area (Å²) < 4.78 is 11.2. The van der Waals surface area contributed by atoms with Gasteiger partial charge in [-0.3, -0.25) is 9.79 Å². The Balaban J connectivity index is 1.81. The molecular formula is C22H36N4O3. The summed E-state index contributed by atoms with van der Waals surface area (Å²) in [6, 6.07) is 8.06. The first-order chi connectivity index (χ1) is 14.0. The lowest BCUT2D eigenvalue weighted by molar-refractivity contribution is -0.133. The second kappa shape index (κ2) is 11.0. The number of ether oxygens (including phenoxy) is 2. The maximum absolute atomic E-state index is 10.8. The van der Waals surface area contributed by atoms with Crippen LogP contribution in [0.25, 0.3) is 0 Å². The van der Waals surface area contributed by atoms with E-state index < -0.39 is 5.91 Å². The number of rotatable bonds is 11. The molecule has 0 aromatic heterocycles. The Labute approximate surface area is 174 Å². The fourth-order valence-electron chi connectivity index (χ4n) is 4.18. The minimum Gasteiger partial charge on any atom is -0.484 e. The topological polar surface area (TPSA) is 98.0 Å². The average molecular weight is 405 g/mol. The van der Waals surface area contributed by atoms with Gasteiger partial charge in [-0.25, -0.2) is 0 Å². The molecule has 0 bridgehead atoms. The second-order valence-electron chi connectivity index (χ2n) is 7.46. The minimum absolute atomic E-state index is 0.106. The lowest BCUT2D eigenvalue weighted by Gasteiger charge is -2.55. The first-order valence-electron chi connectivity index (χ1n) is 10.6. The predicted octanol–water partition coefficient (Wildman–Crippen LogP) is 2.24. The lowest BCUT2D eigenvalue weighted by atomic mass is 9.58. The lowest BCUT2D eigenvalue weighted by Crippen LogP contribution is -2.65. The molecule has 1 aliphatic carbocycles. The van der Waals surface area contributed by atoms with Gasteiger partial charge in [-0.1, -0.05) is 26.0 Å². The van der Waals surface area contributed by atoms with E-state index in [0.29, 0.717) is 17.9 Å². The van der Waals surface area contributed by atoms with E-state index in [-0.39, 0.29) is 12.0 Å². The van der Waals surface area contributed by atoms with E-state index in [1.165, 1.54) is 5.56 Å². The number of hydrogen-bond donors (Lipinski definition) is 3. The van der Waals surface area contributed by atoms with Crippen LogP contribution in [-0.4, -0.2) is 50.8 Å². The molecule has 1 aromatic carbocycles. The van der Waals surface area contributed by atoms with Crippen molar-refractivity contribution in [3.63, 3.8) is 0 Å². The fourth-order valence-corrected chi connectivity index (χ4v) is 4.18. The molecule has 1 saturated carbocycles. The molecule has 1 amide bonds. The molecule has 1 aliphatic rings. The molecule has 2 rings (SSSR count). The summed E-state index contributed by atoms with van der Waals surface area (Å²) in [6.07, 6.45) is 4.38. The summed E-state index contributed by atoms with van der Waals surface area (Å²) in [6.45, 7) is 7.98. The van der Waals surface area contributed by atoms with E-state index in [1.807, 2.05) is 24.3 Å². The highest BCUT2D eigenvalue weighted by atomic mass is 16.5. The largest absolute Gasteiger partial charge is 0.484 e. The summed E-state index contributed by atoms with van der Waals surface area (Å²) >= 11 is 0. The number of nitrogens with zero attached hydrogens (tertiary/aromatic N) is 1. The monoisotopic (exact) mass is 404 g/mol. The third-order valence-electron chi connectivity index (χ3n) is 6.01. The quantitative estimate of drug-likeness (QED) is 0.388. The number of aliphatic imine (C=N–C) groups is 1. The Kier molecular flexibility index (Phi) is 8.76. The van der Waals surface area contributed by atoms with Gasteiger partial charge in [0.25, 0.3) is 5.91 Å². The van der Waals surface area contributed by atoms with Gasteiger partial charge >= 0.3 is 0 Å². The van der Waals surface area contributed by atoms with Gasteiger partial charge in [0, 0.05) is 31.7 Å². The molecule has 1 fully saturated rings. The van der Waals surface area contributed by atoms with Crippen LogP contribution >= 0.6 is 0 Å². The number of nitrogens with two attached hydrogens (primary N) is 1. The fraction of sp³-hybridized carbons (Fsp3) is 0.636. The predicted molar refractivity (Wildman–Crippen MR) is 116 cm³/mol. The van der Waals surface area contributed by atoms with Crippen LogP contribution in [0.15, 0.2) is 29.3 Å². The van der Waals surface area contributed by atoms with Crippen LogP contribution in [0.1, 0.15) is 45.6 Å². The van der Waals surface area contributed by atoms with Crippen molar-refractivity contribution in [2.45, 2.75) is 58.6 Å². The molecule has 0 spiro atoms. The zero-order valence-electron chi connectivity index (χ0n) is 18.2. The molecule has 4 N–H and O–H groups in total. The Morgan fingerprint density at radius 1 is 1.24 bits per heavy atom. The van der Waals surface area contributed by atoms with Crippen LogP contribution in [0.2, 0.25) is 0 Å². The Morgan fingerprint density at radius 3 is 2.48 bits per heavy atom. The molecule has 7 nitrogen and oxygen atoms in total. The van der Waals surface area contributed by atoms with Gasteiger partial charge in [-0.2, -0.15) is 0 Å². The Morgan fingerprint density at radius 2 is 1.93 bits per heavy atom. The van der Waals surface area contributed by atoms with Gasteiger partial charge in [-0.15, -0.1) is 0 Å². The summed E-state index contributed by atoms with van der Waals surface area (Å²) in [4.78, 5) is 15.2. The van der Waals surface area contributed by atoms with Crippen molar-refractivity contribution in [2.24, 2.45) is 16.1 Å². The minimum atomic E-state index is -0.480. The van der Waals surface area contributed by atoms with E-state index in [9.17, 15) is 4.79 Å². The van der Waals surface area contributed by atoms with Gasteiger partial charge in [0.15, 0.2) is 12.6 Å². The third-order valence-corrected chi connectivity index (χ3v) is 6.01. The normalized spacial score (nSPS) is 20.6. The van der Waals surface area contributed by atoms with Crippen LogP contribution in [0, 0.1) is 5.41 Å². The zero-order valence-corrected chi connectivity index (χ0v) is 18.2. The van der Waals surface area contributed by atoms with E-state index >= 15 is 0 Å². The molecule has 0 aliphatic heterocycles. The SMILES string of the molecule is CCOC1CC(NC(=NC)NCCc2ccc(OCC(N)=O)cc2)C1(CC)CC. The number of primary amides is 1. The highest BCUT2D eigenvalue weighted by Gasteiger charge is 2.53. The Bertz CT molecular complexity index is 671. The van der Waals surface area contributed by atoms with Crippen LogP contribution in [0.3, 0.4) is 0 Å². The smallest absolute Gasteiger partial charge is 0.255 e. The summed E-state index contributed by atoms with van der Waals surface area (Å²) in [5.41, 5.74) is 6.44. The molecule has 2 unspecified atom stereocenters. The summed E-state index contributed by atoms with van der Waals surface area (Å²) in [5.74, 6) is 0.992. The van der Waals surface area contributed by atoms with Crippen molar-refractivity contribution < 1.29 is 14.3 Å². The molecule has 0 radical (unpaired) electrons. The van der Waals surface area contributed by atoms with Gasteiger partial charge in [0.05, 0.1) is 6.10 Å². The summed E-state index contributed by atoms with van der Waals surface area (Å²) in [5, 5.41) is 7.01. The van der Waals surface area contributed by atoms with Gasteiger partial charge in [-0.05, 0) is 50.3 Å². The molecule has 0 heterocycles. The second-order valence-corrected chi connectivity index (χ2v) is 7.46. The molecule has 29 heavy (non-hydrogen) atoms. The molecular weight excluding hydrogens is 368 g/mol. The molecule has 2 atom stereocenters. The number of carbonyl (C=O) groups excluding carboxylic acids is 1. The Hall–Kier alpha value is -2.28. The van der Waals surface area contributed by atoms with E-state index in [2.05, 4.69) is 36.4 Å². The maximum atomic E-state index is 10.8. The third kappa shape index (κ3) is 5.85. The highest BCUT2D eigenvalue weighted by Crippen LogP contribution is 2.48. The van der Waals surface area contributed by atoms with Crippen LogP contribution in [0.5, 0.6) is 5.75 Å². The zero-order chi connectivity index (χ0) is 21.3. The molecule has 0 saturated heterocycles. The first kappa shape index (κ1) is 23.0. The molecule has 1 aromatic rings. The molecule has 7 heteroatoms. The average Bonchev–Trinajstić information content (AvgIpc) is 2.72. The van der Waals surface area contributed by atoms with Crippen molar-refractivity contribution in [1.29, 1.82) is 0 Å². The molecule has 162 valence electrons. The number of amides is 1. The van der Waals surface area contributed by atoms with E-state index in [0.717, 1.165) is 44.8 Å². The van der Waals surface area contributed by atoms with Crippen molar-refractivity contribution in [3.05, 3.63) is 29.8 Å². The van der Waals surface area contributed by atoms with Crippen molar-refractivity contribution in [1.82, 2.24) is 10.6 Å². The summed E-state index contributed by atoms with van der Waals surface area (Å²) in [7, 11) is 1.80. The maximum Gasteiger partial charge on any atom is 0.255 e. The highest BCUT2D eigenvalue weighted by molar-refractivity contribution is 5.80. The van der Waals surface area contributed by atoms with Crippen molar-refractivity contribution >= 4 is 11.9 Å².